The van der Waals surface area contributed by atoms with Crippen molar-refractivity contribution in [3.8, 4) is 0 Å². The van der Waals surface area contributed by atoms with E-state index in [0.717, 1.165) is 17.9 Å². The van der Waals surface area contributed by atoms with Crippen LogP contribution >= 0.6 is 0 Å². The Hall–Kier alpha value is -1.32. The predicted molar refractivity (Wildman–Crippen MR) is 85.3 cm³/mol. The fraction of sp³-hybridized carbons (Fsp3) is 0.556. The number of piperidine rings is 2. The molecule has 2 aliphatic heterocycles. The van der Waals surface area contributed by atoms with Gasteiger partial charge in [0.25, 0.3) is 0 Å². The molecule has 2 aromatic rings. The average Bonchev–Trinajstić information content (AvgIpc) is 2.90. The van der Waals surface area contributed by atoms with E-state index in [-0.39, 0.29) is 0 Å². The van der Waals surface area contributed by atoms with E-state index in [1.165, 1.54) is 57.2 Å². The van der Waals surface area contributed by atoms with Crippen LogP contribution in [0.2, 0.25) is 0 Å². The topological polar surface area (TPSA) is 28.4 Å². The monoisotopic (exact) mass is 284 g/mol. The van der Waals surface area contributed by atoms with E-state index < -0.39 is 0 Å². The Bertz CT molecular complexity index is 574. The number of fused-ring (bicyclic) bond motifs is 1. The minimum atomic E-state index is 0.516. The molecule has 1 atom stereocenters. The van der Waals surface area contributed by atoms with Gasteiger partial charge in [0.1, 0.15) is 11.3 Å². The predicted octanol–water partition coefficient (Wildman–Crippen LogP) is 3.40. The van der Waals surface area contributed by atoms with Crippen molar-refractivity contribution in [2.24, 2.45) is 5.41 Å². The number of hydrogen-bond acceptors (Lipinski definition) is 3. The smallest absolute Gasteiger partial charge is 0.134 e. The number of rotatable bonds is 2. The van der Waals surface area contributed by atoms with Crippen LogP contribution in [0.4, 0.5) is 0 Å². The van der Waals surface area contributed by atoms with E-state index in [9.17, 15) is 0 Å². The Labute approximate surface area is 126 Å². The first-order valence-corrected chi connectivity index (χ1v) is 8.24. The van der Waals surface area contributed by atoms with Crippen LogP contribution in [-0.2, 0) is 6.54 Å². The Morgan fingerprint density at radius 2 is 2.10 bits per heavy atom. The maximum Gasteiger partial charge on any atom is 0.134 e. The maximum atomic E-state index is 5.99. The molecule has 2 aliphatic rings. The highest BCUT2D eigenvalue weighted by Crippen LogP contribution is 2.36. The molecule has 21 heavy (non-hydrogen) atoms. The number of nitrogens with zero attached hydrogens (tertiary/aromatic N) is 1. The second kappa shape index (κ2) is 5.47. The van der Waals surface area contributed by atoms with Gasteiger partial charge in [-0.15, -0.1) is 0 Å². The lowest BCUT2D eigenvalue weighted by Gasteiger charge is -2.45. The Kier molecular flexibility index (Phi) is 3.48. The Morgan fingerprint density at radius 1 is 1.19 bits per heavy atom. The van der Waals surface area contributed by atoms with Gasteiger partial charge in [0.15, 0.2) is 0 Å². The molecule has 1 aromatic carbocycles. The van der Waals surface area contributed by atoms with Crippen LogP contribution in [0.15, 0.2) is 34.7 Å². The first-order valence-electron chi connectivity index (χ1n) is 8.24. The Morgan fingerprint density at radius 3 is 2.95 bits per heavy atom. The molecule has 1 aromatic heterocycles. The van der Waals surface area contributed by atoms with Crippen LogP contribution in [0, 0.1) is 5.41 Å². The molecule has 0 aliphatic carbocycles. The number of hydrogen-bond donors (Lipinski definition) is 1. The molecule has 2 saturated heterocycles. The molecule has 0 saturated carbocycles. The van der Waals surface area contributed by atoms with Crippen molar-refractivity contribution >= 4 is 11.0 Å². The molecule has 3 nitrogen and oxygen atoms in total. The van der Waals surface area contributed by atoms with E-state index in [4.69, 9.17) is 4.42 Å². The van der Waals surface area contributed by atoms with Gasteiger partial charge in [-0.2, -0.15) is 0 Å². The van der Waals surface area contributed by atoms with Crippen LogP contribution in [0.1, 0.15) is 31.4 Å². The molecule has 4 rings (SSSR count). The molecule has 1 spiro atoms. The van der Waals surface area contributed by atoms with Crippen LogP contribution in [0.25, 0.3) is 11.0 Å². The van der Waals surface area contributed by atoms with E-state index in [0.29, 0.717) is 5.41 Å². The molecule has 3 heterocycles. The highest BCUT2D eigenvalue weighted by molar-refractivity contribution is 5.77. The normalized spacial score (nSPS) is 27.4. The molecule has 2 fully saturated rings. The van der Waals surface area contributed by atoms with Crippen molar-refractivity contribution in [1.29, 1.82) is 0 Å². The zero-order valence-corrected chi connectivity index (χ0v) is 12.6. The van der Waals surface area contributed by atoms with Crippen LogP contribution in [0.3, 0.4) is 0 Å². The molecular formula is C18H24N2O. The van der Waals surface area contributed by atoms with Gasteiger partial charge in [-0.3, -0.25) is 4.90 Å². The molecule has 3 heteroatoms. The summed E-state index contributed by atoms with van der Waals surface area (Å²) in [5, 5.41) is 4.82. The number of furan rings is 1. The molecular weight excluding hydrogens is 260 g/mol. The summed E-state index contributed by atoms with van der Waals surface area (Å²) in [6.45, 7) is 5.78. The number of likely N-dealkylation sites (tertiary alicyclic amines) is 1. The molecule has 1 N–H and O–H groups in total. The fourth-order valence-corrected chi connectivity index (χ4v) is 4.16. The van der Waals surface area contributed by atoms with Gasteiger partial charge in [0.05, 0.1) is 6.54 Å². The zero-order chi connectivity index (χ0) is 14.1. The highest BCUT2D eigenvalue weighted by Gasteiger charge is 2.36. The van der Waals surface area contributed by atoms with Crippen molar-refractivity contribution in [3.63, 3.8) is 0 Å². The highest BCUT2D eigenvalue weighted by atomic mass is 16.3. The number of para-hydroxylation sites is 1. The van der Waals surface area contributed by atoms with Gasteiger partial charge in [-0.25, -0.2) is 0 Å². The third kappa shape index (κ3) is 2.72. The second-order valence-corrected chi connectivity index (χ2v) is 6.85. The lowest BCUT2D eigenvalue weighted by Crippen LogP contribution is -2.50. The summed E-state index contributed by atoms with van der Waals surface area (Å²) in [4.78, 5) is 2.59. The molecule has 0 amide bonds. The third-order valence-corrected chi connectivity index (χ3v) is 5.16. The molecule has 1 unspecified atom stereocenters. The Balaban J connectivity index is 1.48. The van der Waals surface area contributed by atoms with Gasteiger partial charge in [0, 0.05) is 18.5 Å². The van der Waals surface area contributed by atoms with E-state index in [1.807, 2.05) is 6.07 Å². The summed E-state index contributed by atoms with van der Waals surface area (Å²) in [6, 6.07) is 10.5. The fourth-order valence-electron chi connectivity index (χ4n) is 4.16. The summed E-state index contributed by atoms with van der Waals surface area (Å²) < 4.78 is 5.99. The third-order valence-electron chi connectivity index (χ3n) is 5.16. The SMILES string of the molecule is c1ccc2oc(CN3CCCC4(CCCNC4)C3)cc2c1. The van der Waals surface area contributed by atoms with Crippen molar-refractivity contribution in [2.45, 2.75) is 32.2 Å². The van der Waals surface area contributed by atoms with Crippen LogP contribution < -0.4 is 5.32 Å². The van der Waals surface area contributed by atoms with Gasteiger partial charge >= 0.3 is 0 Å². The number of nitrogens with one attached hydrogen (secondary N) is 1. The minimum absolute atomic E-state index is 0.516. The van der Waals surface area contributed by atoms with E-state index in [2.05, 4.69) is 34.5 Å². The van der Waals surface area contributed by atoms with Gasteiger partial charge in [-0.1, -0.05) is 18.2 Å². The van der Waals surface area contributed by atoms with E-state index in [1.54, 1.807) is 0 Å². The summed E-state index contributed by atoms with van der Waals surface area (Å²) in [5.41, 5.74) is 1.53. The standard InChI is InChI=1S/C18H24N2O/c1-2-6-17-15(5-1)11-16(21-17)12-20-10-4-8-18(14-20)7-3-9-19-13-18/h1-2,5-6,11,19H,3-4,7-10,12-14H2. The maximum absolute atomic E-state index is 5.99. The molecule has 0 bridgehead atoms. The molecule has 0 radical (unpaired) electrons. The van der Waals surface area contributed by atoms with E-state index >= 15 is 0 Å². The summed E-state index contributed by atoms with van der Waals surface area (Å²) in [5.74, 6) is 1.11. The largest absolute Gasteiger partial charge is 0.460 e. The van der Waals surface area contributed by atoms with Crippen molar-refractivity contribution in [2.75, 3.05) is 26.2 Å². The van der Waals surface area contributed by atoms with Gasteiger partial charge < -0.3 is 9.73 Å². The van der Waals surface area contributed by atoms with Crippen molar-refractivity contribution < 1.29 is 4.42 Å². The second-order valence-electron chi connectivity index (χ2n) is 6.85. The molecule has 112 valence electrons. The lowest BCUT2D eigenvalue weighted by molar-refractivity contribution is 0.0564. The van der Waals surface area contributed by atoms with Gasteiger partial charge in [-0.05, 0) is 56.3 Å². The van der Waals surface area contributed by atoms with Crippen LogP contribution in [0.5, 0.6) is 0 Å². The van der Waals surface area contributed by atoms with Crippen LogP contribution in [-0.4, -0.2) is 31.1 Å². The van der Waals surface area contributed by atoms with Crippen molar-refractivity contribution in [1.82, 2.24) is 10.2 Å². The van der Waals surface area contributed by atoms with Gasteiger partial charge in [0.2, 0.25) is 0 Å². The zero-order valence-electron chi connectivity index (χ0n) is 12.6. The first kappa shape index (κ1) is 13.4. The average molecular weight is 284 g/mol. The first-order chi connectivity index (χ1) is 10.3. The summed E-state index contributed by atoms with van der Waals surface area (Å²) in [6.07, 6.45) is 5.42. The quantitative estimate of drug-likeness (QED) is 0.916. The summed E-state index contributed by atoms with van der Waals surface area (Å²) in [7, 11) is 0. The number of benzene rings is 1. The minimum Gasteiger partial charge on any atom is -0.460 e. The lowest BCUT2D eigenvalue weighted by atomic mass is 9.74. The summed E-state index contributed by atoms with van der Waals surface area (Å²) >= 11 is 0. The van der Waals surface area contributed by atoms with Crippen molar-refractivity contribution in [3.05, 3.63) is 36.1 Å².